The number of carbonyl (C=O) groups excluding carboxylic acids is 2. The molecule has 1 fully saturated rings. The third-order valence-corrected chi connectivity index (χ3v) is 3.23. The Labute approximate surface area is 99.6 Å². The van der Waals surface area contributed by atoms with Crippen LogP contribution in [-0.2, 0) is 16.0 Å². The van der Waals surface area contributed by atoms with Gasteiger partial charge < -0.3 is 0 Å². The molecular formula is C13H13ClO2. The van der Waals surface area contributed by atoms with E-state index in [4.69, 9.17) is 11.6 Å². The molecular weight excluding hydrogens is 224 g/mol. The van der Waals surface area contributed by atoms with E-state index < -0.39 is 5.92 Å². The van der Waals surface area contributed by atoms with Gasteiger partial charge in [0.2, 0.25) is 0 Å². The van der Waals surface area contributed by atoms with Crippen LogP contribution in [0.3, 0.4) is 0 Å². The number of halogens is 1. The standard InChI is InChI=1S/C13H13ClO2/c14-10-6-4-9(5-7-10)8-11-12(15)2-1-3-13(11)16/h4-7,11H,1-3,8H2. The van der Waals surface area contributed by atoms with E-state index in [0.717, 1.165) is 12.0 Å². The van der Waals surface area contributed by atoms with Crippen molar-refractivity contribution in [3.05, 3.63) is 34.9 Å². The lowest BCUT2D eigenvalue weighted by Crippen LogP contribution is -2.30. The van der Waals surface area contributed by atoms with Gasteiger partial charge in [-0.25, -0.2) is 0 Å². The number of hydrogen-bond donors (Lipinski definition) is 0. The summed E-state index contributed by atoms with van der Waals surface area (Å²) >= 11 is 5.78. The first-order valence-corrected chi connectivity index (χ1v) is 5.84. The van der Waals surface area contributed by atoms with Crippen LogP contribution in [-0.4, -0.2) is 11.6 Å². The highest BCUT2D eigenvalue weighted by Crippen LogP contribution is 2.22. The summed E-state index contributed by atoms with van der Waals surface area (Å²) in [5, 5.41) is 0.671. The van der Waals surface area contributed by atoms with Crippen molar-refractivity contribution in [2.45, 2.75) is 25.7 Å². The molecule has 0 N–H and O–H groups in total. The van der Waals surface area contributed by atoms with Crippen LogP contribution in [0.2, 0.25) is 5.02 Å². The van der Waals surface area contributed by atoms with Gasteiger partial charge in [0, 0.05) is 17.9 Å². The molecule has 3 heteroatoms. The largest absolute Gasteiger partial charge is 0.299 e. The maximum absolute atomic E-state index is 11.6. The van der Waals surface area contributed by atoms with Crippen molar-refractivity contribution >= 4 is 23.2 Å². The minimum Gasteiger partial charge on any atom is -0.299 e. The maximum Gasteiger partial charge on any atom is 0.143 e. The summed E-state index contributed by atoms with van der Waals surface area (Å²) in [6.45, 7) is 0. The highest BCUT2D eigenvalue weighted by atomic mass is 35.5. The van der Waals surface area contributed by atoms with E-state index in [0.29, 0.717) is 24.3 Å². The molecule has 0 radical (unpaired) electrons. The maximum atomic E-state index is 11.6. The number of hydrogen-bond acceptors (Lipinski definition) is 2. The summed E-state index contributed by atoms with van der Waals surface area (Å²) < 4.78 is 0. The molecule has 1 saturated carbocycles. The number of ketones is 2. The summed E-state index contributed by atoms with van der Waals surface area (Å²) in [5.74, 6) is -0.243. The monoisotopic (exact) mass is 236 g/mol. The lowest BCUT2D eigenvalue weighted by Gasteiger charge is -2.19. The van der Waals surface area contributed by atoms with E-state index in [1.165, 1.54) is 0 Å². The van der Waals surface area contributed by atoms with E-state index in [1.54, 1.807) is 12.1 Å². The lowest BCUT2D eigenvalue weighted by molar-refractivity contribution is -0.135. The Kier molecular flexibility index (Phi) is 3.39. The van der Waals surface area contributed by atoms with Crippen molar-refractivity contribution in [2.24, 2.45) is 5.92 Å². The van der Waals surface area contributed by atoms with Gasteiger partial charge in [-0.3, -0.25) is 9.59 Å². The number of Topliss-reactive ketones (excluding diaryl/α,β-unsaturated/α-hetero) is 2. The van der Waals surface area contributed by atoms with Gasteiger partial charge in [-0.2, -0.15) is 0 Å². The van der Waals surface area contributed by atoms with Crippen molar-refractivity contribution in [1.29, 1.82) is 0 Å². The topological polar surface area (TPSA) is 34.1 Å². The Bertz CT molecular complexity index is 392. The van der Waals surface area contributed by atoms with E-state index in [-0.39, 0.29) is 11.6 Å². The minimum atomic E-state index is -0.421. The zero-order valence-corrected chi connectivity index (χ0v) is 9.67. The third-order valence-electron chi connectivity index (χ3n) is 2.98. The van der Waals surface area contributed by atoms with E-state index in [2.05, 4.69) is 0 Å². The van der Waals surface area contributed by atoms with Crippen LogP contribution in [0.5, 0.6) is 0 Å². The second-order valence-electron chi connectivity index (χ2n) is 4.17. The summed E-state index contributed by atoms with van der Waals surface area (Å²) in [5.41, 5.74) is 0.998. The van der Waals surface area contributed by atoms with Crippen LogP contribution in [0, 0.1) is 5.92 Å². The first kappa shape index (κ1) is 11.3. The van der Waals surface area contributed by atoms with Crippen molar-refractivity contribution in [3.63, 3.8) is 0 Å². The quantitative estimate of drug-likeness (QED) is 0.740. The molecule has 84 valence electrons. The van der Waals surface area contributed by atoms with E-state index >= 15 is 0 Å². The fraction of sp³-hybridized carbons (Fsp3) is 0.385. The van der Waals surface area contributed by atoms with Crippen LogP contribution < -0.4 is 0 Å². The molecule has 1 aliphatic rings. The van der Waals surface area contributed by atoms with Crippen molar-refractivity contribution in [3.8, 4) is 0 Å². The van der Waals surface area contributed by atoms with Crippen LogP contribution in [0.15, 0.2) is 24.3 Å². The van der Waals surface area contributed by atoms with Gasteiger partial charge in [-0.1, -0.05) is 23.7 Å². The molecule has 0 aliphatic heterocycles. The molecule has 2 nitrogen and oxygen atoms in total. The SMILES string of the molecule is O=C1CCCC(=O)C1Cc1ccc(Cl)cc1. The molecule has 0 spiro atoms. The normalized spacial score (nSPS) is 17.8. The fourth-order valence-electron chi connectivity index (χ4n) is 2.05. The predicted octanol–water partition coefficient (Wildman–Crippen LogP) is 2.82. The molecule has 0 aromatic heterocycles. The predicted molar refractivity (Wildman–Crippen MR) is 62.5 cm³/mol. The highest BCUT2D eigenvalue weighted by molar-refractivity contribution is 6.30. The minimum absolute atomic E-state index is 0.0891. The van der Waals surface area contributed by atoms with Crippen LogP contribution in [0.4, 0.5) is 0 Å². The summed E-state index contributed by atoms with van der Waals surface area (Å²) in [7, 11) is 0. The third kappa shape index (κ3) is 2.50. The first-order valence-electron chi connectivity index (χ1n) is 5.46. The van der Waals surface area contributed by atoms with Gasteiger partial charge in [0.05, 0.1) is 5.92 Å². The summed E-state index contributed by atoms with van der Waals surface area (Å²) in [6.07, 6.45) is 2.33. The average molecular weight is 237 g/mol. The second kappa shape index (κ2) is 4.79. The lowest BCUT2D eigenvalue weighted by atomic mass is 9.83. The van der Waals surface area contributed by atoms with Gasteiger partial charge in [0.1, 0.15) is 11.6 Å². The van der Waals surface area contributed by atoms with Crippen molar-refractivity contribution in [2.75, 3.05) is 0 Å². The summed E-state index contributed by atoms with van der Waals surface area (Å²) in [6, 6.07) is 7.32. The molecule has 0 unspecified atom stereocenters. The second-order valence-corrected chi connectivity index (χ2v) is 4.61. The molecule has 1 aromatic carbocycles. The summed E-state index contributed by atoms with van der Waals surface area (Å²) in [4.78, 5) is 23.3. The Morgan fingerprint density at radius 1 is 1.06 bits per heavy atom. The van der Waals surface area contributed by atoms with Crippen molar-refractivity contribution < 1.29 is 9.59 Å². The number of rotatable bonds is 2. The molecule has 0 amide bonds. The molecule has 2 rings (SSSR count). The van der Waals surface area contributed by atoms with Gasteiger partial charge in [0.25, 0.3) is 0 Å². The van der Waals surface area contributed by atoms with E-state index in [9.17, 15) is 9.59 Å². The molecule has 1 aliphatic carbocycles. The van der Waals surface area contributed by atoms with Gasteiger partial charge >= 0.3 is 0 Å². The van der Waals surface area contributed by atoms with Gasteiger partial charge in [-0.05, 0) is 30.5 Å². The number of carbonyl (C=O) groups is 2. The molecule has 0 saturated heterocycles. The molecule has 0 bridgehead atoms. The smallest absolute Gasteiger partial charge is 0.143 e. The zero-order chi connectivity index (χ0) is 11.5. The molecule has 0 atom stereocenters. The Morgan fingerprint density at radius 2 is 1.62 bits per heavy atom. The van der Waals surface area contributed by atoms with Gasteiger partial charge in [-0.15, -0.1) is 0 Å². The van der Waals surface area contributed by atoms with Crippen LogP contribution in [0.25, 0.3) is 0 Å². The van der Waals surface area contributed by atoms with E-state index in [1.807, 2.05) is 12.1 Å². The molecule has 0 heterocycles. The zero-order valence-electron chi connectivity index (χ0n) is 8.91. The first-order chi connectivity index (χ1) is 7.66. The molecule has 1 aromatic rings. The highest BCUT2D eigenvalue weighted by Gasteiger charge is 2.29. The molecule has 16 heavy (non-hydrogen) atoms. The number of benzene rings is 1. The fourth-order valence-corrected chi connectivity index (χ4v) is 2.17. The van der Waals surface area contributed by atoms with Gasteiger partial charge in [0.15, 0.2) is 0 Å². The van der Waals surface area contributed by atoms with Crippen molar-refractivity contribution in [1.82, 2.24) is 0 Å². The van der Waals surface area contributed by atoms with Crippen LogP contribution in [0.1, 0.15) is 24.8 Å². The Morgan fingerprint density at radius 3 is 2.19 bits per heavy atom. The average Bonchev–Trinajstić information content (AvgIpc) is 2.26. The Balaban J connectivity index is 2.10. The Hall–Kier alpha value is -1.15. The van der Waals surface area contributed by atoms with Crippen LogP contribution >= 0.6 is 11.6 Å².